The molecule has 0 saturated carbocycles. The topological polar surface area (TPSA) is 64.9 Å². The number of nitrogens with two attached hydrogens (primary N) is 1. The summed E-state index contributed by atoms with van der Waals surface area (Å²) in [6, 6.07) is 5.81. The van der Waals surface area contributed by atoms with Gasteiger partial charge in [0, 0.05) is 5.56 Å². The van der Waals surface area contributed by atoms with Crippen molar-refractivity contribution in [2.75, 3.05) is 0 Å². The molecule has 4 nitrogen and oxygen atoms in total. The second kappa shape index (κ2) is 4.78. The Balaban J connectivity index is 2.39. The molecule has 0 fully saturated rings. The zero-order valence-corrected chi connectivity index (χ0v) is 12.2. The SMILES string of the molecule is Cc1cccc(-c2nc(C(N)C(C)(C)C)no2)c1C. The lowest BCUT2D eigenvalue weighted by Crippen LogP contribution is -2.27. The molecule has 2 N–H and O–H groups in total. The maximum atomic E-state index is 6.15. The fourth-order valence-electron chi connectivity index (χ4n) is 1.84. The maximum absolute atomic E-state index is 6.15. The zero-order chi connectivity index (χ0) is 14.2. The van der Waals surface area contributed by atoms with Crippen molar-refractivity contribution in [1.82, 2.24) is 10.1 Å². The van der Waals surface area contributed by atoms with Crippen LogP contribution in [0.2, 0.25) is 0 Å². The summed E-state index contributed by atoms with van der Waals surface area (Å²) >= 11 is 0. The van der Waals surface area contributed by atoms with Gasteiger partial charge >= 0.3 is 0 Å². The number of aromatic nitrogens is 2. The van der Waals surface area contributed by atoms with Crippen LogP contribution in [0.3, 0.4) is 0 Å². The fraction of sp³-hybridized carbons (Fsp3) is 0.467. The molecule has 0 bridgehead atoms. The molecular formula is C15H21N3O. The summed E-state index contributed by atoms with van der Waals surface area (Å²) < 4.78 is 5.36. The molecule has 0 aliphatic heterocycles. The van der Waals surface area contributed by atoms with Crippen LogP contribution in [0, 0.1) is 19.3 Å². The molecule has 102 valence electrons. The van der Waals surface area contributed by atoms with Crippen LogP contribution in [0.1, 0.15) is 43.8 Å². The lowest BCUT2D eigenvalue weighted by Gasteiger charge is -2.23. The minimum Gasteiger partial charge on any atom is -0.334 e. The normalized spacial score (nSPS) is 13.6. The number of benzene rings is 1. The Morgan fingerprint density at radius 1 is 1.21 bits per heavy atom. The number of hydrogen-bond acceptors (Lipinski definition) is 4. The highest BCUT2D eigenvalue weighted by Gasteiger charge is 2.27. The maximum Gasteiger partial charge on any atom is 0.258 e. The number of aryl methyl sites for hydroxylation is 1. The van der Waals surface area contributed by atoms with Gasteiger partial charge in [0.2, 0.25) is 0 Å². The van der Waals surface area contributed by atoms with E-state index in [-0.39, 0.29) is 11.5 Å². The minimum atomic E-state index is -0.241. The van der Waals surface area contributed by atoms with Crippen molar-refractivity contribution in [2.24, 2.45) is 11.1 Å². The molecule has 1 aromatic carbocycles. The molecule has 4 heteroatoms. The van der Waals surface area contributed by atoms with Crippen molar-refractivity contribution in [3.05, 3.63) is 35.2 Å². The van der Waals surface area contributed by atoms with Crippen LogP contribution in [0.5, 0.6) is 0 Å². The van der Waals surface area contributed by atoms with Crippen molar-refractivity contribution in [3.63, 3.8) is 0 Å². The Bertz CT molecular complexity index is 581. The van der Waals surface area contributed by atoms with E-state index in [1.807, 2.05) is 12.1 Å². The number of hydrogen-bond donors (Lipinski definition) is 1. The van der Waals surface area contributed by atoms with E-state index in [9.17, 15) is 0 Å². The molecule has 0 aliphatic rings. The lowest BCUT2D eigenvalue weighted by atomic mass is 9.87. The Labute approximate surface area is 114 Å². The molecule has 0 saturated heterocycles. The molecular weight excluding hydrogens is 238 g/mol. The van der Waals surface area contributed by atoms with Gasteiger partial charge in [-0.15, -0.1) is 0 Å². The quantitative estimate of drug-likeness (QED) is 0.897. The Morgan fingerprint density at radius 2 is 1.89 bits per heavy atom. The smallest absolute Gasteiger partial charge is 0.258 e. The highest BCUT2D eigenvalue weighted by atomic mass is 16.5. The summed E-state index contributed by atoms with van der Waals surface area (Å²) in [6.45, 7) is 10.3. The predicted molar refractivity (Wildman–Crippen MR) is 75.6 cm³/mol. The van der Waals surface area contributed by atoms with Crippen LogP contribution in [-0.2, 0) is 0 Å². The molecule has 2 aromatic rings. The van der Waals surface area contributed by atoms with E-state index in [0.29, 0.717) is 11.7 Å². The summed E-state index contributed by atoms with van der Waals surface area (Å²) in [5.41, 5.74) is 9.38. The summed E-state index contributed by atoms with van der Waals surface area (Å²) in [4.78, 5) is 4.45. The molecule has 19 heavy (non-hydrogen) atoms. The van der Waals surface area contributed by atoms with Gasteiger partial charge in [-0.3, -0.25) is 0 Å². The molecule has 1 heterocycles. The first-order chi connectivity index (χ1) is 8.80. The van der Waals surface area contributed by atoms with Gasteiger partial charge in [0.1, 0.15) is 0 Å². The van der Waals surface area contributed by atoms with Gasteiger partial charge in [-0.1, -0.05) is 38.1 Å². The van der Waals surface area contributed by atoms with Gasteiger partial charge in [0.15, 0.2) is 5.82 Å². The first kappa shape index (κ1) is 13.7. The Hall–Kier alpha value is -1.68. The summed E-state index contributed by atoms with van der Waals surface area (Å²) in [5, 5.41) is 4.02. The van der Waals surface area contributed by atoms with Gasteiger partial charge in [-0.2, -0.15) is 4.98 Å². The third-order valence-corrected chi connectivity index (χ3v) is 3.49. The highest BCUT2D eigenvalue weighted by Crippen LogP contribution is 2.31. The van der Waals surface area contributed by atoms with E-state index in [0.717, 1.165) is 11.1 Å². The molecule has 0 aliphatic carbocycles. The van der Waals surface area contributed by atoms with Crippen LogP contribution in [-0.4, -0.2) is 10.1 Å². The molecule has 1 unspecified atom stereocenters. The van der Waals surface area contributed by atoms with Crippen molar-refractivity contribution in [2.45, 2.75) is 40.7 Å². The number of nitrogens with zero attached hydrogens (tertiary/aromatic N) is 2. The van der Waals surface area contributed by atoms with Gasteiger partial charge in [0.05, 0.1) is 6.04 Å². The summed E-state index contributed by atoms with van der Waals surface area (Å²) in [5.74, 6) is 1.10. The third-order valence-electron chi connectivity index (χ3n) is 3.49. The predicted octanol–water partition coefficient (Wildman–Crippen LogP) is 3.40. The second-order valence-electron chi connectivity index (χ2n) is 6.05. The van der Waals surface area contributed by atoms with Crippen molar-refractivity contribution >= 4 is 0 Å². The number of rotatable bonds is 2. The Kier molecular flexibility index (Phi) is 3.45. The largest absolute Gasteiger partial charge is 0.334 e. The first-order valence-corrected chi connectivity index (χ1v) is 6.46. The van der Waals surface area contributed by atoms with E-state index in [1.54, 1.807) is 0 Å². The van der Waals surface area contributed by atoms with Gasteiger partial charge < -0.3 is 10.3 Å². The molecule has 1 atom stereocenters. The average molecular weight is 259 g/mol. The highest BCUT2D eigenvalue weighted by molar-refractivity contribution is 5.60. The molecule has 0 radical (unpaired) electrons. The van der Waals surface area contributed by atoms with Gasteiger partial charge in [0.25, 0.3) is 5.89 Å². The standard InChI is InChI=1S/C15H21N3O/c1-9-7-6-8-11(10(9)2)14-17-13(18-19-14)12(16)15(3,4)5/h6-8,12H,16H2,1-5H3. The van der Waals surface area contributed by atoms with Crippen molar-refractivity contribution in [1.29, 1.82) is 0 Å². The zero-order valence-electron chi connectivity index (χ0n) is 12.2. The average Bonchev–Trinajstić information content (AvgIpc) is 2.79. The van der Waals surface area contributed by atoms with Crippen LogP contribution in [0.25, 0.3) is 11.5 Å². The van der Waals surface area contributed by atoms with E-state index >= 15 is 0 Å². The van der Waals surface area contributed by atoms with Crippen molar-refractivity contribution < 1.29 is 4.52 Å². The second-order valence-corrected chi connectivity index (χ2v) is 6.05. The van der Waals surface area contributed by atoms with Crippen LogP contribution in [0.15, 0.2) is 22.7 Å². The minimum absolute atomic E-state index is 0.0945. The van der Waals surface area contributed by atoms with Gasteiger partial charge in [-0.25, -0.2) is 0 Å². The van der Waals surface area contributed by atoms with E-state index in [2.05, 4.69) is 50.8 Å². The summed E-state index contributed by atoms with van der Waals surface area (Å²) in [7, 11) is 0. The van der Waals surface area contributed by atoms with Crippen molar-refractivity contribution in [3.8, 4) is 11.5 Å². The lowest BCUT2D eigenvalue weighted by molar-refractivity contribution is 0.303. The van der Waals surface area contributed by atoms with Crippen LogP contribution in [0.4, 0.5) is 0 Å². The molecule has 0 spiro atoms. The Morgan fingerprint density at radius 3 is 2.53 bits per heavy atom. The van der Waals surface area contributed by atoms with Gasteiger partial charge in [-0.05, 0) is 36.5 Å². The third kappa shape index (κ3) is 2.68. The van der Waals surface area contributed by atoms with E-state index in [1.165, 1.54) is 5.56 Å². The molecule has 1 aromatic heterocycles. The van der Waals surface area contributed by atoms with E-state index < -0.39 is 0 Å². The van der Waals surface area contributed by atoms with E-state index in [4.69, 9.17) is 10.3 Å². The summed E-state index contributed by atoms with van der Waals surface area (Å²) in [6.07, 6.45) is 0. The van der Waals surface area contributed by atoms with Crippen LogP contribution >= 0.6 is 0 Å². The molecule has 0 amide bonds. The molecule has 2 rings (SSSR count). The van der Waals surface area contributed by atoms with Crippen LogP contribution < -0.4 is 5.73 Å². The monoisotopic (exact) mass is 259 g/mol. The fourth-order valence-corrected chi connectivity index (χ4v) is 1.84. The first-order valence-electron chi connectivity index (χ1n) is 6.46.